The van der Waals surface area contributed by atoms with E-state index >= 15 is 0 Å². The number of hydrogen-bond acceptors (Lipinski definition) is 6. The molecule has 0 aliphatic carbocycles. The number of rotatable bonds is 3. The van der Waals surface area contributed by atoms with Gasteiger partial charge in [-0.3, -0.25) is 25.2 Å². The molecule has 172 valence electrons. The van der Waals surface area contributed by atoms with Crippen molar-refractivity contribution in [2.75, 3.05) is 13.1 Å². The molecule has 1 saturated heterocycles. The van der Waals surface area contributed by atoms with E-state index in [1.165, 1.54) is 4.68 Å². The standard InChI is InChI=1S/C22H29N5O5/c1-5-27-20(30)16-9-7-6-8-15(16)17(25-27)19(29)24-23-18(28)14-10-12-26(13-11-14)21(31)32-22(2,3)4/h6-9,14H,5,10-13H2,1-4H3,(H,23,28)(H,24,29). The van der Waals surface area contributed by atoms with Crippen molar-refractivity contribution in [2.45, 2.75) is 52.7 Å². The molecular formula is C22H29N5O5. The molecule has 2 heterocycles. The second-order valence-corrected chi connectivity index (χ2v) is 8.70. The van der Waals surface area contributed by atoms with E-state index in [0.29, 0.717) is 43.2 Å². The molecule has 0 saturated carbocycles. The Balaban J connectivity index is 1.61. The predicted octanol–water partition coefficient (Wildman–Crippen LogP) is 1.82. The van der Waals surface area contributed by atoms with Gasteiger partial charge in [-0.2, -0.15) is 5.10 Å². The molecule has 1 fully saturated rings. The van der Waals surface area contributed by atoms with E-state index in [-0.39, 0.29) is 23.1 Å². The molecule has 0 atom stereocenters. The van der Waals surface area contributed by atoms with Gasteiger partial charge >= 0.3 is 6.09 Å². The van der Waals surface area contributed by atoms with E-state index in [9.17, 15) is 19.2 Å². The van der Waals surface area contributed by atoms with Crippen molar-refractivity contribution < 1.29 is 19.1 Å². The number of hydrogen-bond donors (Lipinski definition) is 2. The van der Waals surface area contributed by atoms with Gasteiger partial charge in [-0.05, 0) is 46.6 Å². The summed E-state index contributed by atoms with van der Waals surface area (Å²) in [5.41, 5.74) is 4.06. The second kappa shape index (κ2) is 9.37. The molecule has 0 radical (unpaired) electrons. The third-order valence-electron chi connectivity index (χ3n) is 5.20. The number of likely N-dealkylation sites (tertiary alicyclic amines) is 1. The van der Waals surface area contributed by atoms with Crippen LogP contribution in [0.2, 0.25) is 0 Å². The molecule has 32 heavy (non-hydrogen) atoms. The Morgan fingerprint density at radius 2 is 1.72 bits per heavy atom. The highest BCUT2D eigenvalue weighted by atomic mass is 16.6. The van der Waals surface area contributed by atoms with Gasteiger partial charge in [0.25, 0.3) is 11.5 Å². The van der Waals surface area contributed by atoms with Crippen LogP contribution in [-0.4, -0.2) is 51.3 Å². The summed E-state index contributed by atoms with van der Waals surface area (Å²) in [7, 11) is 0. The predicted molar refractivity (Wildman–Crippen MR) is 118 cm³/mol. The second-order valence-electron chi connectivity index (χ2n) is 8.70. The highest BCUT2D eigenvalue weighted by molar-refractivity contribution is 6.05. The van der Waals surface area contributed by atoms with Crippen LogP contribution in [0.5, 0.6) is 0 Å². The van der Waals surface area contributed by atoms with Crippen LogP contribution in [0.15, 0.2) is 29.1 Å². The lowest BCUT2D eigenvalue weighted by Crippen LogP contribution is -2.49. The fourth-order valence-electron chi connectivity index (χ4n) is 3.55. The number of hydrazine groups is 1. The molecule has 10 heteroatoms. The topological polar surface area (TPSA) is 123 Å². The third-order valence-corrected chi connectivity index (χ3v) is 5.20. The summed E-state index contributed by atoms with van der Waals surface area (Å²) in [6, 6.07) is 6.72. The Labute approximate surface area is 185 Å². The number of aromatic nitrogens is 2. The number of nitrogens with one attached hydrogen (secondary N) is 2. The molecule has 1 aromatic carbocycles. The highest BCUT2D eigenvalue weighted by Crippen LogP contribution is 2.20. The van der Waals surface area contributed by atoms with Crippen molar-refractivity contribution in [3.63, 3.8) is 0 Å². The van der Waals surface area contributed by atoms with E-state index in [2.05, 4.69) is 16.0 Å². The van der Waals surface area contributed by atoms with Crippen LogP contribution in [0.1, 0.15) is 51.0 Å². The van der Waals surface area contributed by atoms with Gasteiger partial charge in [0.2, 0.25) is 5.91 Å². The van der Waals surface area contributed by atoms with Gasteiger partial charge in [-0.15, -0.1) is 0 Å². The maximum atomic E-state index is 12.7. The number of aryl methyl sites for hydroxylation is 1. The minimum atomic E-state index is -0.608. The first kappa shape index (κ1) is 23.2. The molecule has 0 spiro atoms. The Hall–Kier alpha value is -3.43. The molecule has 1 aromatic heterocycles. The maximum absolute atomic E-state index is 12.7. The number of piperidine rings is 1. The normalized spacial score (nSPS) is 14.8. The monoisotopic (exact) mass is 443 g/mol. The van der Waals surface area contributed by atoms with E-state index in [1.807, 2.05) is 0 Å². The molecule has 1 aliphatic heterocycles. The Bertz CT molecular complexity index is 1080. The van der Waals surface area contributed by atoms with Gasteiger partial charge < -0.3 is 9.64 Å². The van der Waals surface area contributed by atoms with Crippen LogP contribution in [0.4, 0.5) is 4.79 Å². The first-order chi connectivity index (χ1) is 15.1. The van der Waals surface area contributed by atoms with Gasteiger partial charge in [0.05, 0.1) is 5.39 Å². The molecule has 10 nitrogen and oxygen atoms in total. The minimum Gasteiger partial charge on any atom is -0.444 e. The first-order valence-corrected chi connectivity index (χ1v) is 10.7. The summed E-state index contributed by atoms with van der Waals surface area (Å²) >= 11 is 0. The molecule has 3 amide bonds. The lowest BCUT2D eigenvalue weighted by molar-refractivity contribution is -0.127. The van der Waals surface area contributed by atoms with Crippen LogP contribution >= 0.6 is 0 Å². The average molecular weight is 444 g/mol. The van der Waals surface area contributed by atoms with Crippen molar-refractivity contribution in [3.05, 3.63) is 40.3 Å². The first-order valence-electron chi connectivity index (χ1n) is 10.7. The van der Waals surface area contributed by atoms with Crippen molar-refractivity contribution in [1.29, 1.82) is 0 Å². The van der Waals surface area contributed by atoms with Gasteiger partial charge in [-0.25, -0.2) is 9.48 Å². The summed E-state index contributed by atoms with van der Waals surface area (Å²) < 4.78 is 6.58. The zero-order chi connectivity index (χ0) is 23.5. The van der Waals surface area contributed by atoms with Crippen LogP contribution in [0, 0.1) is 5.92 Å². The number of fused-ring (bicyclic) bond motifs is 1. The quantitative estimate of drug-likeness (QED) is 0.698. The number of nitrogens with zero attached hydrogens (tertiary/aromatic N) is 3. The molecule has 1 aliphatic rings. The van der Waals surface area contributed by atoms with Gasteiger partial charge in [0, 0.05) is 30.9 Å². The number of ether oxygens (including phenoxy) is 1. The van der Waals surface area contributed by atoms with Crippen LogP contribution < -0.4 is 16.4 Å². The number of amides is 3. The zero-order valence-corrected chi connectivity index (χ0v) is 18.8. The maximum Gasteiger partial charge on any atom is 0.410 e. The van der Waals surface area contributed by atoms with Gasteiger partial charge in [0.1, 0.15) is 5.60 Å². The highest BCUT2D eigenvalue weighted by Gasteiger charge is 2.30. The largest absolute Gasteiger partial charge is 0.444 e. The van der Waals surface area contributed by atoms with Crippen molar-refractivity contribution in [2.24, 2.45) is 5.92 Å². The Morgan fingerprint density at radius 3 is 2.31 bits per heavy atom. The van der Waals surface area contributed by atoms with E-state index < -0.39 is 17.6 Å². The number of carbonyl (C=O) groups is 3. The molecule has 0 bridgehead atoms. The molecular weight excluding hydrogens is 414 g/mol. The summed E-state index contributed by atoms with van der Waals surface area (Å²) in [5, 5.41) is 4.95. The summed E-state index contributed by atoms with van der Waals surface area (Å²) in [6.07, 6.45) is 0.528. The zero-order valence-electron chi connectivity index (χ0n) is 18.8. The summed E-state index contributed by atoms with van der Waals surface area (Å²) in [6.45, 7) is 8.28. The molecule has 0 unspecified atom stereocenters. The number of carbonyl (C=O) groups excluding carboxylic acids is 3. The summed E-state index contributed by atoms with van der Waals surface area (Å²) in [4.78, 5) is 51.4. The lowest BCUT2D eigenvalue weighted by atomic mass is 9.96. The number of benzene rings is 1. The fourth-order valence-corrected chi connectivity index (χ4v) is 3.55. The SMILES string of the molecule is CCn1nc(C(=O)NNC(=O)C2CCN(C(=O)OC(C)(C)C)CC2)c2ccccc2c1=O. The van der Waals surface area contributed by atoms with Crippen molar-refractivity contribution in [1.82, 2.24) is 25.5 Å². The van der Waals surface area contributed by atoms with Crippen molar-refractivity contribution >= 4 is 28.7 Å². The molecule has 2 aromatic rings. The van der Waals surface area contributed by atoms with Gasteiger partial charge in [0.15, 0.2) is 5.69 Å². The van der Waals surface area contributed by atoms with Crippen LogP contribution in [0.25, 0.3) is 10.8 Å². The van der Waals surface area contributed by atoms with E-state index in [4.69, 9.17) is 4.74 Å². The smallest absolute Gasteiger partial charge is 0.410 e. The average Bonchev–Trinajstić information content (AvgIpc) is 2.76. The third kappa shape index (κ3) is 5.24. The fraction of sp³-hybridized carbons (Fsp3) is 0.500. The van der Waals surface area contributed by atoms with Crippen molar-refractivity contribution in [3.8, 4) is 0 Å². The Morgan fingerprint density at radius 1 is 1.09 bits per heavy atom. The molecule has 2 N–H and O–H groups in total. The van der Waals surface area contributed by atoms with Gasteiger partial charge in [-0.1, -0.05) is 18.2 Å². The van der Waals surface area contributed by atoms with E-state index in [1.54, 1.807) is 56.9 Å². The molecule has 3 rings (SSSR count). The summed E-state index contributed by atoms with van der Waals surface area (Å²) in [5.74, 6) is -1.29. The Kier molecular flexibility index (Phi) is 6.81. The van der Waals surface area contributed by atoms with E-state index in [0.717, 1.165) is 0 Å². The van der Waals surface area contributed by atoms with Crippen LogP contribution in [-0.2, 0) is 16.1 Å². The minimum absolute atomic E-state index is 0.0575. The van der Waals surface area contributed by atoms with Crippen LogP contribution in [0.3, 0.4) is 0 Å². The lowest BCUT2D eigenvalue weighted by Gasteiger charge is -2.32.